The van der Waals surface area contributed by atoms with E-state index in [1.807, 2.05) is 18.2 Å². The second-order valence-electron chi connectivity index (χ2n) is 6.65. The van der Waals surface area contributed by atoms with Crippen LogP contribution in [0.4, 0.5) is 5.69 Å². The number of thiocarbonyl (C=S) groups is 1. The molecule has 2 nitrogen and oxygen atoms in total. The van der Waals surface area contributed by atoms with Gasteiger partial charge >= 0.3 is 0 Å². The molecule has 0 unspecified atom stereocenters. The zero-order valence-corrected chi connectivity index (χ0v) is 14.0. The van der Waals surface area contributed by atoms with Crippen molar-refractivity contribution in [2.45, 2.75) is 33.6 Å². The minimum Gasteiger partial charge on any atom is -0.389 e. The predicted octanol–water partition coefficient (Wildman–Crippen LogP) is 4.24. The molecule has 0 spiro atoms. The highest BCUT2D eigenvalue weighted by Crippen LogP contribution is 2.36. The summed E-state index contributed by atoms with van der Waals surface area (Å²) in [4.78, 5) is 2.80. The Hall–Kier alpha value is -0.800. The summed E-state index contributed by atoms with van der Waals surface area (Å²) in [5.41, 5.74) is 8.23. The molecule has 110 valence electrons. The van der Waals surface area contributed by atoms with Crippen LogP contribution in [0.5, 0.6) is 0 Å². The molecule has 1 aromatic carbocycles. The van der Waals surface area contributed by atoms with Gasteiger partial charge in [-0.3, -0.25) is 0 Å². The van der Waals surface area contributed by atoms with E-state index in [0.717, 1.165) is 30.3 Å². The molecule has 0 saturated carbocycles. The number of halogens is 1. The lowest BCUT2D eigenvalue weighted by Gasteiger charge is -2.40. The summed E-state index contributed by atoms with van der Waals surface area (Å²) in [6.07, 6.45) is 2.42. The Labute approximate surface area is 132 Å². The summed E-state index contributed by atoms with van der Waals surface area (Å²) in [5.74, 6) is 0.777. The second kappa shape index (κ2) is 5.90. The third kappa shape index (κ3) is 3.44. The van der Waals surface area contributed by atoms with Crippen LogP contribution in [0.3, 0.4) is 0 Å². The van der Waals surface area contributed by atoms with Crippen molar-refractivity contribution in [1.82, 2.24) is 0 Å². The molecular weight excluding hydrogens is 288 g/mol. The van der Waals surface area contributed by atoms with E-state index in [-0.39, 0.29) is 0 Å². The van der Waals surface area contributed by atoms with Crippen LogP contribution in [-0.2, 0) is 0 Å². The van der Waals surface area contributed by atoms with E-state index >= 15 is 0 Å². The Kier molecular flexibility index (Phi) is 4.60. The highest BCUT2D eigenvalue weighted by atomic mass is 35.5. The first-order chi connectivity index (χ1) is 9.29. The van der Waals surface area contributed by atoms with Crippen molar-refractivity contribution < 1.29 is 0 Å². The van der Waals surface area contributed by atoms with E-state index in [2.05, 4.69) is 25.7 Å². The van der Waals surface area contributed by atoms with Crippen LogP contribution in [0.15, 0.2) is 18.2 Å². The zero-order chi connectivity index (χ0) is 14.9. The lowest BCUT2D eigenvalue weighted by atomic mass is 9.75. The highest BCUT2D eigenvalue weighted by molar-refractivity contribution is 7.80. The number of nitrogens with zero attached hydrogens (tertiary/aromatic N) is 1. The Morgan fingerprint density at radius 3 is 2.40 bits per heavy atom. The fourth-order valence-electron chi connectivity index (χ4n) is 2.97. The third-order valence-corrected chi connectivity index (χ3v) is 4.74. The van der Waals surface area contributed by atoms with Gasteiger partial charge in [0.15, 0.2) is 0 Å². The summed E-state index contributed by atoms with van der Waals surface area (Å²) in [5, 5.41) is 0.682. The maximum atomic E-state index is 6.05. The molecule has 1 heterocycles. The summed E-state index contributed by atoms with van der Waals surface area (Å²) in [7, 11) is 0. The van der Waals surface area contributed by atoms with Gasteiger partial charge in [0.25, 0.3) is 0 Å². The number of hydrogen-bond donors (Lipinski definition) is 1. The van der Waals surface area contributed by atoms with Crippen molar-refractivity contribution in [3.8, 4) is 0 Å². The van der Waals surface area contributed by atoms with Crippen LogP contribution in [0.1, 0.15) is 39.2 Å². The van der Waals surface area contributed by atoms with Crippen molar-refractivity contribution in [3.05, 3.63) is 28.8 Å². The zero-order valence-electron chi connectivity index (χ0n) is 12.4. The van der Waals surface area contributed by atoms with Crippen molar-refractivity contribution in [3.63, 3.8) is 0 Å². The molecule has 2 rings (SSSR count). The van der Waals surface area contributed by atoms with Gasteiger partial charge < -0.3 is 10.6 Å². The van der Waals surface area contributed by atoms with E-state index in [9.17, 15) is 0 Å². The van der Waals surface area contributed by atoms with Gasteiger partial charge in [-0.1, -0.05) is 44.6 Å². The van der Waals surface area contributed by atoms with Gasteiger partial charge in [0.05, 0.1) is 0 Å². The maximum absolute atomic E-state index is 6.05. The SMILES string of the molecule is CC(C)(C)C1CCN(c2ccc(Cl)cc2C(N)=S)CC1. The second-order valence-corrected chi connectivity index (χ2v) is 7.53. The van der Waals surface area contributed by atoms with Gasteiger partial charge in [-0.15, -0.1) is 0 Å². The predicted molar refractivity (Wildman–Crippen MR) is 91.7 cm³/mol. The smallest absolute Gasteiger partial charge is 0.106 e. The Bertz CT molecular complexity index is 500. The third-order valence-electron chi connectivity index (χ3n) is 4.28. The Morgan fingerprint density at radius 1 is 1.30 bits per heavy atom. The lowest BCUT2D eigenvalue weighted by Crippen LogP contribution is -2.38. The van der Waals surface area contributed by atoms with Crippen LogP contribution in [0, 0.1) is 11.3 Å². The highest BCUT2D eigenvalue weighted by Gasteiger charge is 2.29. The van der Waals surface area contributed by atoms with Crippen LogP contribution in [0.25, 0.3) is 0 Å². The van der Waals surface area contributed by atoms with Crippen LogP contribution in [-0.4, -0.2) is 18.1 Å². The summed E-state index contributed by atoms with van der Waals surface area (Å²) >= 11 is 11.2. The van der Waals surface area contributed by atoms with Gasteiger partial charge in [-0.2, -0.15) is 0 Å². The van der Waals surface area contributed by atoms with Gasteiger partial charge in [0.2, 0.25) is 0 Å². The quantitative estimate of drug-likeness (QED) is 0.829. The van der Waals surface area contributed by atoms with Crippen molar-refractivity contribution in [1.29, 1.82) is 0 Å². The fraction of sp³-hybridized carbons (Fsp3) is 0.562. The largest absolute Gasteiger partial charge is 0.389 e. The Morgan fingerprint density at radius 2 is 1.90 bits per heavy atom. The number of rotatable bonds is 2. The molecule has 1 aliphatic rings. The summed E-state index contributed by atoms with van der Waals surface area (Å²) in [6.45, 7) is 9.10. The summed E-state index contributed by atoms with van der Waals surface area (Å²) in [6, 6.07) is 5.82. The number of nitrogens with two attached hydrogens (primary N) is 1. The van der Waals surface area contributed by atoms with Crippen LogP contribution >= 0.6 is 23.8 Å². The molecule has 1 fully saturated rings. The molecule has 1 saturated heterocycles. The molecule has 2 N–H and O–H groups in total. The molecule has 1 aliphatic heterocycles. The van der Waals surface area contributed by atoms with Crippen molar-refractivity contribution in [2.75, 3.05) is 18.0 Å². The maximum Gasteiger partial charge on any atom is 0.106 e. The first-order valence-electron chi connectivity index (χ1n) is 7.13. The molecule has 0 atom stereocenters. The fourth-order valence-corrected chi connectivity index (χ4v) is 3.30. The molecule has 4 heteroatoms. The molecule has 0 aliphatic carbocycles. The minimum absolute atomic E-state index is 0.387. The van der Waals surface area contributed by atoms with Gasteiger partial charge in [-0.25, -0.2) is 0 Å². The Balaban J connectivity index is 2.17. The van der Waals surface area contributed by atoms with E-state index in [1.165, 1.54) is 12.8 Å². The summed E-state index contributed by atoms with van der Waals surface area (Å²) < 4.78 is 0. The van der Waals surface area contributed by atoms with E-state index in [0.29, 0.717) is 15.4 Å². The monoisotopic (exact) mass is 310 g/mol. The molecule has 0 amide bonds. The first kappa shape index (κ1) is 15.6. The standard InChI is InChI=1S/C16H23ClN2S/c1-16(2,3)11-6-8-19(9-7-11)14-5-4-12(17)10-13(14)15(18)20/h4-5,10-11H,6-9H2,1-3H3,(H2,18,20). The molecule has 20 heavy (non-hydrogen) atoms. The van der Waals surface area contributed by atoms with Crippen LogP contribution in [0.2, 0.25) is 5.02 Å². The van der Waals surface area contributed by atoms with Gasteiger partial charge in [-0.05, 0) is 42.4 Å². The van der Waals surface area contributed by atoms with Crippen molar-refractivity contribution in [2.24, 2.45) is 17.1 Å². The van der Waals surface area contributed by atoms with Gasteiger partial charge in [0, 0.05) is 29.4 Å². The van der Waals surface area contributed by atoms with Crippen LogP contribution < -0.4 is 10.6 Å². The first-order valence-corrected chi connectivity index (χ1v) is 7.92. The van der Waals surface area contributed by atoms with E-state index in [1.54, 1.807) is 0 Å². The number of hydrogen-bond acceptors (Lipinski definition) is 2. The molecule has 0 bridgehead atoms. The average molecular weight is 311 g/mol. The normalized spacial score (nSPS) is 17.3. The number of anilines is 1. The minimum atomic E-state index is 0.387. The number of piperidine rings is 1. The molecule has 1 aromatic rings. The van der Waals surface area contributed by atoms with E-state index < -0.39 is 0 Å². The molecule has 0 aromatic heterocycles. The van der Waals surface area contributed by atoms with Crippen molar-refractivity contribution >= 4 is 34.5 Å². The van der Waals surface area contributed by atoms with Gasteiger partial charge in [0.1, 0.15) is 4.99 Å². The topological polar surface area (TPSA) is 29.3 Å². The molecule has 0 radical (unpaired) electrons. The molecular formula is C16H23ClN2S. The number of benzene rings is 1. The van der Waals surface area contributed by atoms with E-state index in [4.69, 9.17) is 29.6 Å². The lowest BCUT2D eigenvalue weighted by molar-refractivity contribution is 0.199. The average Bonchev–Trinajstić information content (AvgIpc) is 2.37.